The summed E-state index contributed by atoms with van der Waals surface area (Å²) in [5, 5.41) is 3.83. The molecule has 9 heteroatoms. The fourth-order valence-corrected chi connectivity index (χ4v) is 4.74. The molecule has 0 spiro atoms. The third kappa shape index (κ3) is 6.58. The van der Waals surface area contributed by atoms with E-state index in [9.17, 15) is 14.0 Å². The number of halogens is 1. The fourth-order valence-electron chi connectivity index (χ4n) is 4.74. The summed E-state index contributed by atoms with van der Waals surface area (Å²) >= 11 is 0. The number of H-pyrrole nitrogens is 1. The van der Waals surface area contributed by atoms with E-state index in [1.807, 2.05) is 78.9 Å². The van der Waals surface area contributed by atoms with Crippen molar-refractivity contribution in [1.82, 2.24) is 19.7 Å². The number of nitrogens with zero attached hydrogens (tertiary/aromatic N) is 3. The number of aryl methyl sites for hydroxylation is 1. The molecular formula is C31H30FN4NaO3. The molecule has 0 atom stereocenters. The number of benzene rings is 3. The first-order chi connectivity index (χ1) is 19.1. The Morgan fingerprint density at radius 1 is 0.925 bits per heavy atom. The number of nitrogens with one attached hydrogen (secondary N) is 1. The minimum Gasteiger partial charge on any atom is -1.00 e. The van der Waals surface area contributed by atoms with Gasteiger partial charge in [0.25, 0.3) is 5.56 Å². The summed E-state index contributed by atoms with van der Waals surface area (Å²) < 4.78 is 20.2. The molecule has 2 aromatic heterocycles. The Morgan fingerprint density at radius 3 is 2.27 bits per heavy atom. The van der Waals surface area contributed by atoms with Gasteiger partial charge >= 0.3 is 35.3 Å². The first kappa shape index (κ1) is 29.4. The van der Waals surface area contributed by atoms with Gasteiger partial charge in [-0.1, -0.05) is 97.4 Å². The van der Waals surface area contributed by atoms with Gasteiger partial charge in [-0.15, -0.1) is 0 Å². The van der Waals surface area contributed by atoms with Gasteiger partial charge in [0.1, 0.15) is 12.5 Å². The quantitative estimate of drug-likeness (QED) is 0.271. The summed E-state index contributed by atoms with van der Waals surface area (Å²) in [6.45, 7) is 1.55. The van der Waals surface area contributed by atoms with Crippen molar-refractivity contribution in [3.8, 4) is 22.5 Å². The third-order valence-corrected chi connectivity index (χ3v) is 6.77. The summed E-state index contributed by atoms with van der Waals surface area (Å²) in [6, 6.07) is 25.1. The van der Waals surface area contributed by atoms with E-state index >= 15 is 0 Å². The normalized spacial score (nSPS) is 10.8. The molecule has 0 radical (unpaired) electrons. The number of aromatic nitrogens is 4. The Morgan fingerprint density at radius 2 is 1.62 bits per heavy atom. The van der Waals surface area contributed by atoms with Crippen LogP contribution >= 0.6 is 0 Å². The Bertz CT molecular complexity index is 1680. The van der Waals surface area contributed by atoms with Gasteiger partial charge in [0.15, 0.2) is 5.82 Å². The van der Waals surface area contributed by atoms with Crippen LogP contribution in [0.2, 0.25) is 0 Å². The summed E-state index contributed by atoms with van der Waals surface area (Å²) in [4.78, 5) is 32.5. The minimum absolute atomic E-state index is 0. The van der Waals surface area contributed by atoms with Crippen molar-refractivity contribution in [3.05, 3.63) is 128 Å². The third-order valence-electron chi connectivity index (χ3n) is 6.77. The molecule has 0 saturated carbocycles. The van der Waals surface area contributed by atoms with Crippen molar-refractivity contribution in [2.75, 3.05) is 0 Å². The van der Waals surface area contributed by atoms with E-state index < -0.39 is 12.4 Å². The number of rotatable bonds is 10. The van der Waals surface area contributed by atoms with Crippen molar-refractivity contribution >= 4 is 0 Å². The fraction of sp³-hybridized carbons (Fsp3) is 0.226. The maximum absolute atomic E-state index is 14.0. The maximum atomic E-state index is 14.0. The minimum atomic E-state index is -0.799. The smallest absolute Gasteiger partial charge is 1.00 e. The van der Waals surface area contributed by atoms with Crippen LogP contribution in [0.1, 0.15) is 49.4 Å². The van der Waals surface area contributed by atoms with Crippen LogP contribution in [-0.2, 0) is 26.1 Å². The Labute approximate surface area is 254 Å². The summed E-state index contributed by atoms with van der Waals surface area (Å²) in [6.07, 6.45) is 2.84. The summed E-state index contributed by atoms with van der Waals surface area (Å²) in [5.41, 5.74) is 5.49. The van der Waals surface area contributed by atoms with Gasteiger partial charge in [0.05, 0.1) is 12.2 Å². The van der Waals surface area contributed by atoms with Crippen LogP contribution in [0.25, 0.3) is 22.5 Å². The zero-order valence-electron chi connectivity index (χ0n) is 23.7. The van der Waals surface area contributed by atoms with Gasteiger partial charge in [0, 0.05) is 17.5 Å². The van der Waals surface area contributed by atoms with Crippen LogP contribution in [0.4, 0.5) is 4.39 Å². The molecule has 0 fully saturated rings. The van der Waals surface area contributed by atoms with Gasteiger partial charge < -0.3 is 1.43 Å². The molecule has 200 valence electrons. The van der Waals surface area contributed by atoms with E-state index in [4.69, 9.17) is 0 Å². The SMILES string of the molecule is CCCCc1nc(CF)n(Cc2ccccc2)c(=O)c1Cc1ccc(-c2ccccc2-c2noc(=O)[nH]2)cc1.[H-].[Na+]. The summed E-state index contributed by atoms with van der Waals surface area (Å²) in [7, 11) is 0. The molecular weight excluding hydrogens is 518 g/mol. The molecule has 0 unspecified atom stereocenters. The Kier molecular flexibility index (Phi) is 10.0. The molecule has 2 heterocycles. The topological polar surface area (TPSA) is 93.8 Å². The largest absolute Gasteiger partial charge is 1.00 e. The van der Waals surface area contributed by atoms with E-state index in [2.05, 4.69) is 26.6 Å². The maximum Gasteiger partial charge on any atom is 1.00 e. The van der Waals surface area contributed by atoms with Crippen molar-refractivity contribution < 1.29 is 39.9 Å². The second-order valence-electron chi connectivity index (χ2n) is 9.43. The number of alkyl halides is 1. The predicted molar refractivity (Wildman–Crippen MR) is 149 cm³/mol. The van der Waals surface area contributed by atoms with Crippen molar-refractivity contribution in [3.63, 3.8) is 0 Å². The number of hydrogen-bond donors (Lipinski definition) is 1. The predicted octanol–water partition coefficient (Wildman–Crippen LogP) is 2.82. The molecule has 5 aromatic rings. The number of hydrogen-bond acceptors (Lipinski definition) is 5. The van der Waals surface area contributed by atoms with Crippen molar-refractivity contribution in [2.45, 2.75) is 45.8 Å². The molecule has 3 aromatic carbocycles. The molecule has 0 aliphatic heterocycles. The molecule has 0 saturated heterocycles. The van der Waals surface area contributed by atoms with E-state index in [1.54, 1.807) is 0 Å². The standard InChI is InChI=1S/C31H29FN4O3.Na.H/c1-2-3-13-27-26(30(37)36(28(19-32)33-27)20-22-9-5-4-6-10-22)18-21-14-16-23(17-15-21)24-11-7-8-12-25(24)29-34-31(38)39-35-29;;/h4-12,14-17H,2-3,13,18-20H2,1H3,(H,34,35,38);;/q;+1;-1. The van der Waals surface area contributed by atoms with Crippen LogP contribution < -0.4 is 40.9 Å². The molecule has 0 bridgehead atoms. The molecule has 7 nitrogen and oxygen atoms in total. The second kappa shape index (κ2) is 13.7. The zero-order chi connectivity index (χ0) is 27.2. The van der Waals surface area contributed by atoms with Gasteiger partial charge in [0.2, 0.25) is 0 Å². The first-order valence-electron chi connectivity index (χ1n) is 13.0. The molecule has 5 rings (SSSR count). The van der Waals surface area contributed by atoms with Crippen LogP contribution in [0.5, 0.6) is 0 Å². The molecule has 1 N–H and O–H groups in total. The first-order valence-corrected chi connectivity index (χ1v) is 13.0. The van der Waals surface area contributed by atoms with E-state index in [0.29, 0.717) is 29.9 Å². The van der Waals surface area contributed by atoms with Crippen LogP contribution in [0.15, 0.2) is 93.0 Å². The molecule has 0 amide bonds. The second-order valence-corrected chi connectivity index (χ2v) is 9.43. The van der Waals surface area contributed by atoms with Crippen LogP contribution in [0.3, 0.4) is 0 Å². The summed E-state index contributed by atoms with van der Waals surface area (Å²) in [5.74, 6) is -0.0888. The zero-order valence-corrected chi connectivity index (χ0v) is 24.7. The van der Waals surface area contributed by atoms with Gasteiger partial charge in [-0.25, -0.2) is 14.2 Å². The number of unbranched alkanes of at least 4 members (excludes halogenated alkanes) is 1. The van der Waals surface area contributed by atoms with Gasteiger partial charge in [-0.2, -0.15) is 0 Å². The number of aromatic amines is 1. The Hall–Kier alpha value is -3.59. The molecule has 40 heavy (non-hydrogen) atoms. The van der Waals surface area contributed by atoms with E-state index in [0.717, 1.165) is 40.7 Å². The van der Waals surface area contributed by atoms with Crippen LogP contribution in [0, 0.1) is 0 Å². The van der Waals surface area contributed by atoms with E-state index in [1.165, 1.54) is 4.57 Å². The monoisotopic (exact) mass is 548 g/mol. The van der Waals surface area contributed by atoms with Crippen LogP contribution in [-0.4, -0.2) is 19.7 Å². The average Bonchev–Trinajstić information content (AvgIpc) is 3.41. The van der Waals surface area contributed by atoms with E-state index in [-0.39, 0.29) is 48.9 Å². The van der Waals surface area contributed by atoms with Gasteiger partial charge in [-0.3, -0.25) is 18.9 Å². The van der Waals surface area contributed by atoms with Crippen molar-refractivity contribution in [2.24, 2.45) is 0 Å². The van der Waals surface area contributed by atoms with Gasteiger partial charge in [-0.05, 0) is 35.1 Å². The Balaban J connectivity index is 0.00000231. The molecule has 0 aliphatic rings. The molecule has 0 aliphatic carbocycles. The average molecular weight is 549 g/mol. The van der Waals surface area contributed by atoms with Crippen molar-refractivity contribution in [1.29, 1.82) is 0 Å².